The fraction of sp³-hybridized carbons (Fsp3) is 0.583. The fourth-order valence-electron chi connectivity index (χ4n) is 3.11. The Morgan fingerprint density at radius 3 is 2.58 bits per heavy atom. The number of imide groups is 1. The number of carbonyl (C=O) groups is 2. The molecule has 2 heterocycles. The summed E-state index contributed by atoms with van der Waals surface area (Å²) in [6, 6.07) is 0. The number of nitrogens with one attached hydrogen (secondary N) is 1. The Labute approximate surface area is 115 Å². The van der Waals surface area contributed by atoms with Crippen LogP contribution in [-0.2, 0) is 16.1 Å². The van der Waals surface area contributed by atoms with Gasteiger partial charge in [-0.25, -0.2) is 10.8 Å². The minimum atomic E-state index is -0.0949. The van der Waals surface area contributed by atoms with Crippen molar-refractivity contribution < 1.29 is 9.59 Å². The molecule has 2 aliphatic rings. The first-order valence-electron chi connectivity index (χ1n) is 6.36. The molecule has 3 rings (SSSR count). The van der Waals surface area contributed by atoms with E-state index >= 15 is 0 Å². The Balaban J connectivity index is 1.76. The third-order valence-corrected chi connectivity index (χ3v) is 4.87. The van der Waals surface area contributed by atoms with Crippen molar-refractivity contribution in [3.8, 4) is 0 Å². The highest BCUT2D eigenvalue weighted by Crippen LogP contribution is 2.43. The maximum Gasteiger partial charge on any atom is 0.233 e. The van der Waals surface area contributed by atoms with Crippen LogP contribution < -0.4 is 11.3 Å². The van der Waals surface area contributed by atoms with Gasteiger partial charge in [-0.2, -0.15) is 0 Å². The van der Waals surface area contributed by atoms with Crippen LogP contribution >= 0.6 is 11.3 Å². The van der Waals surface area contributed by atoms with Crippen LogP contribution in [0.2, 0.25) is 0 Å². The molecule has 6 nitrogen and oxygen atoms in total. The number of nitrogen functional groups attached to an aromatic ring is 1. The van der Waals surface area contributed by atoms with Crippen LogP contribution in [0, 0.1) is 17.8 Å². The number of nitrogens with two attached hydrogens (primary N) is 1. The van der Waals surface area contributed by atoms with Crippen molar-refractivity contribution in [3.63, 3.8) is 0 Å². The normalized spacial score (nSPS) is 30.0. The predicted molar refractivity (Wildman–Crippen MR) is 70.9 cm³/mol. The number of hydrogen-bond donors (Lipinski definition) is 2. The quantitative estimate of drug-likeness (QED) is 0.489. The van der Waals surface area contributed by atoms with E-state index in [4.69, 9.17) is 5.84 Å². The third-order valence-electron chi connectivity index (χ3n) is 3.96. The lowest BCUT2D eigenvalue weighted by molar-refractivity contribution is -0.141. The summed E-state index contributed by atoms with van der Waals surface area (Å²) in [5.41, 5.74) is 2.46. The number of thiazole rings is 1. The maximum absolute atomic E-state index is 12.3. The van der Waals surface area contributed by atoms with E-state index in [0.29, 0.717) is 17.6 Å². The number of amides is 2. The van der Waals surface area contributed by atoms with Crippen molar-refractivity contribution in [2.24, 2.45) is 23.6 Å². The minimum Gasteiger partial charge on any atom is -0.300 e. The van der Waals surface area contributed by atoms with Gasteiger partial charge in [0.1, 0.15) is 0 Å². The Hall–Kier alpha value is -1.47. The van der Waals surface area contributed by atoms with Crippen LogP contribution in [0.3, 0.4) is 0 Å². The van der Waals surface area contributed by atoms with Gasteiger partial charge >= 0.3 is 0 Å². The number of rotatable bonds is 3. The Morgan fingerprint density at radius 1 is 1.42 bits per heavy atom. The molecule has 1 aromatic heterocycles. The van der Waals surface area contributed by atoms with Gasteiger partial charge in [-0.3, -0.25) is 19.9 Å². The van der Waals surface area contributed by atoms with Crippen molar-refractivity contribution in [1.29, 1.82) is 0 Å². The standard InChI is InChI=1S/C12H16N4O2S/c1-6-2-8-9(3-6)11(18)16(10(8)17)5-7-4-14-12(15-13)19-7/h4,6,8-9H,2-3,5,13H2,1H3,(H,14,15). The molecular formula is C12H16N4O2S. The minimum absolute atomic E-state index is 0.0185. The molecule has 1 aliphatic heterocycles. The lowest BCUT2D eigenvalue weighted by Crippen LogP contribution is -2.31. The monoisotopic (exact) mass is 280 g/mol. The highest BCUT2D eigenvalue weighted by Gasteiger charge is 2.51. The summed E-state index contributed by atoms with van der Waals surface area (Å²) in [5.74, 6) is 5.51. The van der Waals surface area contributed by atoms with Crippen molar-refractivity contribution >= 4 is 28.3 Å². The van der Waals surface area contributed by atoms with Gasteiger partial charge in [0.05, 0.1) is 18.4 Å². The van der Waals surface area contributed by atoms with E-state index in [2.05, 4.69) is 17.3 Å². The van der Waals surface area contributed by atoms with Crippen LogP contribution in [0.5, 0.6) is 0 Å². The summed E-state index contributed by atoms with van der Waals surface area (Å²) >= 11 is 1.36. The summed E-state index contributed by atoms with van der Waals surface area (Å²) in [7, 11) is 0. The van der Waals surface area contributed by atoms with Gasteiger partial charge in [0.15, 0.2) is 5.13 Å². The Bertz CT molecular complexity index is 506. The molecule has 19 heavy (non-hydrogen) atoms. The van der Waals surface area contributed by atoms with Gasteiger partial charge in [0, 0.05) is 11.1 Å². The van der Waals surface area contributed by atoms with Gasteiger partial charge in [-0.15, -0.1) is 0 Å². The average Bonchev–Trinajstić information content (AvgIpc) is 3.04. The highest BCUT2D eigenvalue weighted by molar-refractivity contribution is 7.15. The first-order chi connectivity index (χ1) is 9.10. The van der Waals surface area contributed by atoms with Gasteiger partial charge in [-0.1, -0.05) is 18.3 Å². The molecule has 2 amide bonds. The number of likely N-dealkylation sites (tertiary alicyclic amines) is 1. The van der Waals surface area contributed by atoms with E-state index in [-0.39, 0.29) is 23.7 Å². The van der Waals surface area contributed by atoms with Crippen LogP contribution in [0.1, 0.15) is 24.6 Å². The second kappa shape index (κ2) is 4.57. The molecule has 0 radical (unpaired) electrons. The summed E-state index contributed by atoms with van der Waals surface area (Å²) < 4.78 is 0. The van der Waals surface area contributed by atoms with Crippen LogP contribution in [0.15, 0.2) is 6.20 Å². The molecule has 102 valence electrons. The Kier molecular flexibility index (Phi) is 3.02. The molecule has 2 atom stereocenters. The van der Waals surface area contributed by atoms with Crippen molar-refractivity contribution in [3.05, 3.63) is 11.1 Å². The van der Waals surface area contributed by atoms with Crippen LogP contribution in [-0.4, -0.2) is 21.7 Å². The molecule has 0 spiro atoms. The Morgan fingerprint density at radius 2 is 2.05 bits per heavy atom. The van der Waals surface area contributed by atoms with E-state index < -0.39 is 0 Å². The smallest absolute Gasteiger partial charge is 0.233 e. The second-order valence-corrected chi connectivity index (χ2v) is 6.44. The average molecular weight is 280 g/mol. The molecule has 2 unspecified atom stereocenters. The number of carbonyl (C=O) groups excluding carboxylic acids is 2. The summed E-state index contributed by atoms with van der Waals surface area (Å²) in [4.78, 5) is 30.8. The SMILES string of the molecule is CC1CC2C(=O)N(Cc3cnc(NN)s3)C(=O)C2C1. The van der Waals surface area contributed by atoms with Crippen molar-refractivity contribution in [1.82, 2.24) is 9.88 Å². The summed E-state index contributed by atoms with van der Waals surface area (Å²) in [6.45, 7) is 2.42. The molecule has 1 saturated carbocycles. The van der Waals surface area contributed by atoms with Gasteiger partial charge < -0.3 is 0 Å². The zero-order valence-corrected chi connectivity index (χ0v) is 11.4. The van der Waals surface area contributed by atoms with E-state index in [1.807, 2.05) is 0 Å². The summed E-state index contributed by atoms with van der Waals surface area (Å²) in [5, 5.41) is 0.586. The molecule has 1 aromatic rings. The molecular weight excluding hydrogens is 264 g/mol. The molecule has 2 fully saturated rings. The molecule has 1 saturated heterocycles. The molecule has 0 bridgehead atoms. The largest absolute Gasteiger partial charge is 0.300 e. The number of hydrogen-bond acceptors (Lipinski definition) is 6. The predicted octanol–water partition coefficient (Wildman–Crippen LogP) is 0.960. The van der Waals surface area contributed by atoms with E-state index in [0.717, 1.165) is 17.7 Å². The zero-order valence-electron chi connectivity index (χ0n) is 10.6. The number of aromatic nitrogens is 1. The van der Waals surface area contributed by atoms with Gasteiger partial charge in [0.2, 0.25) is 11.8 Å². The second-order valence-electron chi connectivity index (χ2n) is 5.33. The molecule has 0 aromatic carbocycles. The molecule has 1 aliphatic carbocycles. The van der Waals surface area contributed by atoms with E-state index in [9.17, 15) is 9.59 Å². The fourth-order valence-corrected chi connectivity index (χ4v) is 3.82. The number of hydrazine groups is 1. The molecule has 3 N–H and O–H groups in total. The van der Waals surface area contributed by atoms with Crippen LogP contribution in [0.25, 0.3) is 0 Å². The number of anilines is 1. The van der Waals surface area contributed by atoms with Gasteiger partial charge in [0.25, 0.3) is 0 Å². The number of fused-ring (bicyclic) bond motifs is 1. The lowest BCUT2D eigenvalue weighted by atomic mass is 10.00. The summed E-state index contributed by atoms with van der Waals surface area (Å²) in [6.07, 6.45) is 3.32. The van der Waals surface area contributed by atoms with E-state index in [1.54, 1.807) is 6.20 Å². The van der Waals surface area contributed by atoms with Gasteiger partial charge in [-0.05, 0) is 18.8 Å². The van der Waals surface area contributed by atoms with Crippen LogP contribution in [0.4, 0.5) is 5.13 Å². The van der Waals surface area contributed by atoms with E-state index in [1.165, 1.54) is 16.2 Å². The third kappa shape index (κ3) is 2.02. The highest BCUT2D eigenvalue weighted by atomic mass is 32.1. The van der Waals surface area contributed by atoms with Crippen molar-refractivity contribution in [2.75, 3.05) is 5.43 Å². The lowest BCUT2D eigenvalue weighted by Gasteiger charge is -2.15. The topological polar surface area (TPSA) is 88.3 Å². The van der Waals surface area contributed by atoms with Crippen molar-refractivity contribution in [2.45, 2.75) is 26.3 Å². The first-order valence-corrected chi connectivity index (χ1v) is 7.18. The zero-order chi connectivity index (χ0) is 13.6. The number of nitrogens with zero attached hydrogens (tertiary/aromatic N) is 2. The molecule has 7 heteroatoms. The maximum atomic E-state index is 12.3. The first kappa shape index (κ1) is 12.6.